The summed E-state index contributed by atoms with van der Waals surface area (Å²) in [7, 11) is 1.70. The van der Waals surface area contributed by atoms with E-state index in [1.54, 1.807) is 11.9 Å². The van der Waals surface area contributed by atoms with Crippen molar-refractivity contribution < 1.29 is 14.3 Å². The Morgan fingerprint density at radius 3 is 1.75 bits per heavy atom. The van der Waals surface area contributed by atoms with Gasteiger partial charge in [0.1, 0.15) is 5.92 Å². The van der Waals surface area contributed by atoms with Gasteiger partial charge >= 0.3 is 5.97 Å². The van der Waals surface area contributed by atoms with Crippen LogP contribution in [0, 0.1) is 0 Å². The quantitative estimate of drug-likeness (QED) is 0.588. The van der Waals surface area contributed by atoms with Crippen molar-refractivity contribution in [2.75, 3.05) is 13.7 Å². The molecule has 0 fully saturated rings. The molecule has 3 aromatic carbocycles. The Morgan fingerprint density at radius 1 is 0.786 bits per heavy atom. The standard InChI is InChI=1S/C24H23NO3/c1-25(17-19-11-5-2-6-12-19)22(26)18-28-24(27)23(20-13-7-3-8-14-20)21-15-9-4-10-16-21/h2-16,23H,17-18H2,1H3. The van der Waals surface area contributed by atoms with E-state index in [2.05, 4.69) is 0 Å². The van der Waals surface area contributed by atoms with Gasteiger partial charge in [-0.1, -0.05) is 91.0 Å². The number of carbonyl (C=O) groups is 2. The summed E-state index contributed by atoms with van der Waals surface area (Å²) in [5, 5.41) is 0. The van der Waals surface area contributed by atoms with Gasteiger partial charge in [-0.3, -0.25) is 9.59 Å². The predicted molar refractivity (Wildman–Crippen MR) is 109 cm³/mol. The summed E-state index contributed by atoms with van der Waals surface area (Å²) in [5.41, 5.74) is 2.70. The van der Waals surface area contributed by atoms with E-state index in [1.165, 1.54) is 0 Å². The number of rotatable bonds is 7. The molecule has 0 spiro atoms. The van der Waals surface area contributed by atoms with Crippen molar-refractivity contribution in [1.29, 1.82) is 0 Å². The van der Waals surface area contributed by atoms with Gasteiger partial charge in [0.05, 0.1) is 0 Å². The highest BCUT2D eigenvalue weighted by molar-refractivity contribution is 5.85. The maximum atomic E-state index is 12.8. The summed E-state index contributed by atoms with van der Waals surface area (Å²) in [6, 6.07) is 28.6. The van der Waals surface area contributed by atoms with Gasteiger partial charge in [0.15, 0.2) is 6.61 Å². The fourth-order valence-electron chi connectivity index (χ4n) is 3.03. The van der Waals surface area contributed by atoms with Crippen LogP contribution in [0.5, 0.6) is 0 Å². The molecule has 0 aliphatic heterocycles. The van der Waals surface area contributed by atoms with Crippen molar-refractivity contribution in [3.05, 3.63) is 108 Å². The third-order valence-electron chi connectivity index (χ3n) is 4.53. The van der Waals surface area contributed by atoms with Gasteiger partial charge in [-0.15, -0.1) is 0 Å². The molecular formula is C24H23NO3. The molecule has 4 nitrogen and oxygen atoms in total. The first-order valence-electron chi connectivity index (χ1n) is 9.19. The molecule has 0 atom stereocenters. The molecule has 142 valence electrons. The minimum absolute atomic E-state index is 0.239. The van der Waals surface area contributed by atoms with Gasteiger partial charge < -0.3 is 9.64 Å². The highest BCUT2D eigenvalue weighted by atomic mass is 16.5. The Balaban J connectivity index is 1.66. The van der Waals surface area contributed by atoms with Crippen LogP contribution in [-0.2, 0) is 20.9 Å². The molecule has 0 radical (unpaired) electrons. The lowest BCUT2D eigenvalue weighted by atomic mass is 9.91. The molecule has 0 bridgehead atoms. The van der Waals surface area contributed by atoms with Crippen molar-refractivity contribution in [3.63, 3.8) is 0 Å². The second-order valence-corrected chi connectivity index (χ2v) is 6.60. The molecule has 4 heteroatoms. The average molecular weight is 373 g/mol. The van der Waals surface area contributed by atoms with Crippen LogP contribution in [0.15, 0.2) is 91.0 Å². The van der Waals surface area contributed by atoms with Gasteiger partial charge in [0.25, 0.3) is 5.91 Å². The van der Waals surface area contributed by atoms with Crippen LogP contribution < -0.4 is 0 Å². The zero-order chi connectivity index (χ0) is 19.8. The lowest BCUT2D eigenvalue weighted by Crippen LogP contribution is -2.31. The van der Waals surface area contributed by atoms with Crippen LogP contribution in [0.4, 0.5) is 0 Å². The van der Waals surface area contributed by atoms with Gasteiger partial charge in [-0.2, -0.15) is 0 Å². The topological polar surface area (TPSA) is 46.6 Å². The highest BCUT2D eigenvalue weighted by Crippen LogP contribution is 2.25. The zero-order valence-electron chi connectivity index (χ0n) is 15.8. The molecule has 28 heavy (non-hydrogen) atoms. The van der Waals surface area contributed by atoms with E-state index in [-0.39, 0.29) is 12.5 Å². The van der Waals surface area contributed by atoms with Crippen LogP contribution in [-0.4, -0.2) is 30.4 Å². The number of benzene rings is 3. The lowest BCUT2D eigenvalue weighted by Gasteiger charge is -2.20. The Labute approximate surface area is 165 Å². The van der Waals surface area contributed by atoms with E-state index in [0.29, 0.717) is 6.54 Å². The Kier molecular flexibility index (Phi) is 6.58. The number of ether oxygens (including phenoxy) is 1. The van der Waals surface area contributed by atoms with E-state index in [1.807, 2.05) is 91.0 Å². The highest BCUT2D eigenvalue weighted by Gasteiger charge is 2.25. The maximum Gasteiger partial charge on any atom is 0.318 e. The van der Waals surface area contributed by atoms with Crippen molar-refractivity contribution in [1.82, 2.24) is 4.90 Å². The van der Waals surface area contributed by atoms with Gasteiger partial charge in [-0.05, 0) is 16.7 Å². The van der Waals surface area contributed by atoms with Crippen LogP contribution in [0.2, 0.25) is 0 Å². The van der Waals surface area contributed by atoms with E-state index >= 15 is 0 Å². The fraction of sp³-hybridized carbons (Fsp3) is 0.167. The monoisotopic (exact) mass is 373 g/mol. The third-order valence-corrected chi connectivity index (χ3v) is 4.53. The van der Waals surface area contributed by atoms with Crippen LogP contribution in [0.1, 0.15) is 22.6 Å². The second-order valence-electron chi connectivity index (χ2n) is 6.60. The lowest BCUT2D eigenvalue weighted by molar-refractivity contribution is -0.152. The number of amides is 1. The summed E-state index contributed by atoms with van der Waals surface area (Å²) in [6.45, 7) is 0.191. The largest absolute Gasteiger partial charge is 0.455 e. The average Bonchev–Trinajstić information content (AvgIpc) is 2.74. The minimum atomic E-state index is -0.561. The number of likely N-dealkylation sites (N-methyl/N-ethyl adjacent to an activating group) is 1. The molecule has 0 aliphatic rings. The number of carbonyl (C=O) groups excluding carboxylic acids is 2. The normalized spacial score (nSPS) is 10.5. The molecular weight excluding hydrogens is 350 g/mol. The molecule has 0 saturated heterocycles. The van der Waals surface area contributed by atoms with Crippen molar-refractivity contribution >= 4 is 11.9 Å². The Bertz CT molecular complexity index is 855. The Morgan fingerprint density at radius 2 is 1.25 bits per heavy atom. The molecule has 3 aromatic rings. The number of hydrogen-bond donors (Lipinski definition) is 0. The van der Waals surface area contributed by atoms with E-state index in [9.17, 15) is 9.59 Å². The van der Waals surface area contributed by atoms with Crippen LogP contribution in [0.3, 0.4) is 0 Å². The van der Waals surface area contributed by atoms with E-state index < -0.39 is 11.9 Å². The summed E-state index contributed by atoms with van der Waals surface area (Å²) in [6.07, 6.45) is 0. The minimum Gasteiger partial charge on any atom is -0.455 e. The predicted octanol–water partition coefficient (Wildman–Crippen LogP) is 4.02. The van der Waals surface area contributed by atoms with Crippen molar-refractivity contribution in [2.45, 2.75) is 12.5 Å². The van der Waals surface area contributed by atoms with Crippen molar-refractivity contribution in [3.8, 4) is 0 Å². The molecule has 0 N–H and O–H groups in total. The van der Waals surface area contributed by atoms with Crippen LogP contribution >= 0.6 is 0 Å². The van der Waals surface area contributed by atoms with E-state index in [0.717, 1.165) is 16.7 Å². The molecule has 0 saturated carbocycles. The number of nitrogens with zero attached hydrogens (tertiary/aromatic N) is 1. The first-order valence-corrected chi connectivity index (χ1v) is 9.19. The maximum absolute atomic E-state index is 12.8. The molecule has 3 rings (SSSR count). The molecule has 0 unspecified atom stereocenters. The van der Waals surface area contributed by atoms with Gasteiger partial charge in [0.2, 0.25) is 0 Å². The second kappa shape index (κ2) is 9.51. The summed E-state index contributed by atoms with van der Waals surface area (Å²) >= 11 is 0. The smallest absolute Gasteiger partial charge is 0.318 e. The van der Waals surface area contributed by atoms with E-state index in [4.69, 9.17) is 4.74 Å². The summed E-state index contributed by atoms with van der Waals surface area (Å²) in [5.74, 6) is -1.23. The number of hydrogen-bond acceptors (Lipinski definition) is 3. The Hall–Kier alpha value is -3.40. The van der Waals surface area contributed by atoms with Gasteiger partial charge in [0, 0.05) is 13.6 Å². The SMILES string of the molecule is CN(Cc1ccccc1)C(=O)COC(=O)C(c1ccccc1)c1ccccc1. The fourth-order valence-corrected chi connectivity index (χ4v) is 3.03. The zero-order valence-corrected chi connectivity index (χ0v) is 15.8. The number of esters is 1. The summed E-state index contributed by atoms with van der Waals surface area (Å²) < 4.78 is 5.40. The molecule has 0 aromatic heterocycles. The molecule has 0 aliphatic carbocycles. The first kappa shape index (κ1) is 19.4. The van der Waals surface area contributed by atoms with Crippen molar-refractivity contribution in [2.24, 2.45) is 0 Å². The van der Waals surface area contributed by atoms with Crippen LogP contribution in [0.25, 0.3) is 0 Å². The molecule has 1 amide bonds. The summed E-state index contributed by atoms with van der Waals surface area (Å²) in [4.78, 5) is 26.8. The molecule has 0 heterocycles. The van der Waals surface area contributed by atoms with Gasteiger partial charge in [-0.25, -0.2) is 0 Å². The third kappa shape index (κ3) is 5.07. The first-order chi connectivity index (χ1) is 13.6.